The zero-order valence-electron chi connectivity index (χ0n) is 12.1. The monoisotopic (exact) mass is 293 g/mol. The van der Waals surface area contributed by atoms with Gasteiger partial charge in [-0.3, -0.25) is 4.79 Å². The zero-order valence-corrected chi connectivity index (χ0v) is 12.1. The molecular weight excluding hydrogens is 274 g/mol. The average molecular weight is 293 g/mol. The molecule has 1 amide bonds. The molecule has 114 valence electrons. The Balaban J connectivity index is 2.48. The molecule has 1 fully saturated rings. The van der Waals surface area contributed by atoms with Crippen molar-refractivity contribution in [1.29, 1.82) is 0 Å². The minimum absolute atomic E-state index is 0.201. The highest BCUT2D eigenvalue weighted by Crippen LogP contribution is 2.32. The average Bonchev–Trinajstić information content (AvgIpc) is 2.47. The summed E-state index contributed by atoms with van der Waals surface area (Å²) in [5.74, 6) is -1.27. The van der Waals surface area contributed by atoms with Gasteiger partial charge in [0.15, 0.2) is 6.10 Å². The number of hydrogen-bond acceptors (Lipinski definition) is 4. The lowest BCUT2D eigenvalue weighted by molar-refractivity contribution is -0.172. The molecule has 1 aromatic rings. The molecule has 6 nitrogen and oxygen atoms in total. The van der Waals surface area contributed by atoms with E-state index in [4.69, 9.17) is 9.47 Å². The number of carboxylic acids is 1. The molecule has 1 N–H and O–H groups in total. The number of carbonyl (C=O) groups is 2. The van der Waals surface area contributed by atoms with Crippen molar-refractivity contribution in [3.63, 3.8) is 0 Å². The van der Waals surface area contributed by atoms with E-state index in [0.717, 1.165) is 11.1 Å². The molecule has 2 rings (SSSR count). The third-order valence-corrected chi connectivity index (χ3v) is 3.59. The molecule has 1 saturated heterocycles. The number of carbonyl (C=O) groups excluding carboxylic acids is 1. The first-order valence-electron chi connectivity index (χ1n) is 6.80. The minimum Gasteiger partial charge on any atom is -0.479 e. The first-order chi connectivity index (χ1) is 10.1. The Hall–Kier alpha value is -1.92. The molecule has 2 unspecified atom stereocenters. The fourth-order valence-corrected chi connectivity index (χ4v) is 2.67. The maximum atomic E-state index is 12.0. The van der Waals surface area contributed by atoms with E-state index in [1.165, 1.54) is 0 Å². The van der Waals surface area contributed by atoms with Gasteiger partial charge in [0.25, 0.3) is 0 Å². The lowest BCUT2D eigenvalue weighted by Crippen LogP contribution is -2.51. The van der Waals surface area contributed by atoms with Gasteiger partial charge in [0, 0.05) is 13.7 Å². The first kappa shape index (κ1) is 15.5. The molecule has 21 heavy (non-hydrogen) atoms. The minimum atomic E-state index is -1.07. The van der Waals surface area contributed by atoms with Crippen molar-refractivity contribution >= 4 is 11.9 Å². The number of methoxy groups -OCH3 is 1. The van der Waals surface area contributed by atoms with Crippen LogP contribution in [0.4, 0.5) is 0 Å². The molecule has 0 spiro atoms. The molecule has 1 aromatic carbocycles. The highest BCUT2D eigenvalue weighted by atomic mass is 16.5. The van der Waals surface area contributed by atoms with Crippen molar-refractivity contribution in [3.05, 3.63) is 35.4 Å². The summed E-state index contributed by atoms with van der Waals surface area (Å²) in [6, 6.07) is 6.72. The van der Waals surface area contributed by atoms with Gasteiger partial charge in [0.05, 0.1) is 12.6 Å². The summed E-state index contributed by atoms with van der Waals surface area (Å²) in [6.07, 6.45) is -1.07. The second kappa shape index (κ2) is 6.69. The lowest BCUT2D eigenvalue weighted by atomic mass is 9.93. The SMILES string of the molecule is CCN1C(=O)COC(C(=O)O)C1c1ccccc1COC. The fraction of sp³-hybridized carbons (Fsp3) is 0.467. The largest absolute Gasteiger partial charge is 0.479 e. The van der Waals surface area contributed by atoms with E-state index >= 15 is 0 Å². The summed E-state index contributed by atoms with van der Waals surface area (Å²) in [5.41, 5.74) is 1.61. The van der Waals surface area contributed by atoms with Gasteiger partial charge in [-0.2, -0.15) is 0 Å². The van der Waals surface area contributed by atoms with E-state index in [1.54, 1.807) is 12.0 Å². The number of rotatable bonds is 5. The highest BCUT2D eigenvalue weighted by Gasteiger charge is 2.41. The Labute approximate surface area is 123 Å². The van der Waals surface area contributed by atoms with Gasteiger partial charge >= 0.3 is 5.97 Å². The summed E-state index contributed by atoms with van der Waals surface area (Å²) in [6.45, 7) is 2.41. The van der Waals surface area contributed by atoms with Crippen LogP contribution in [0, 0.1) is 0 Å². The van der Waals surface area contributed by atoms with Crippen molar-refractivity contribution in [2.24, 2.45) is 0 Å². The number of aliphatic carboxylic acids is 1. The van der Waals surface area contributed by atoms with E-state index in [1.807, 2.05) is 31.2 Å². The zero-order chi connectivity index (χ0) is 15.4. The molecule has 1 heterocycles. The van der Waals surface area contributed by atoms with E-state index < -0.39 is 18.1 Å². The number of hydrogen-bond donors (Lipinski definition) is 1. The summed E-state index contributed by atoms with van der Waals surface area (Å²) < 4.78 is 10.4. The Bertz CT molecular complexity index is 529. The molecule has 0 aromatic heterocycles. The first-order valence-corrected chi connectivity index (χ1v) is 6.80. The molecule has 0 bridgehead atoms. The maximum absolute atomic E-state index is 12.0. The summed E-state index contributed by atoms with van der Waals surface area (Å²) in [4.78, 5) is 25.1. The standard InChI is InChI=1S/C15H19NO5/c1-3-16-12(17)9-21-14(15(18)19)13(16)11-7-5-4-6-10(11)8-20-2/h4-7,13-14H,3,8-9H2,1-2H3,(H,18,19). The van der Waals surface area contributed by atoms with E-state index in [0.29, 0.717) is 13.2 Å². The Morgan fingerprint density at radius 2 is 2.19 bits per heavy atom. The second-order valence-corrected chi connectivity index (χ2v) is 4.83. The summed E-state index contributed by atoms with van der Waals surface area (Å²) >= 11 is 0. The molecule has 1 aliphatic rings. The van der Waals surface area contributed by atoms with Crippen LogP contribution in [0.5, 0.6) is 0 Å². The molecule has 0 saturated carbocycles. The molecule has 0 aliphatic carbocycles. The van der Waals surface area contributed by atoms with Crippen molar-refractivity contribution in [1.82, 2.24) is 4.90 Å². The number of morpholine rings is 1. The van der Waals surface area contributed by atoms with E-state index in [-0.39, 0.29) is 12.5 Å². The Kier molecular flexibility index (Phi) is 4.93. The Morgan fingerprint density at radius 3 is 2.81 bits per heavy atom. The van der Waals surface area contributed by atoms with Gasteiger partial charge < -0.3 is 19.5 Å². The van der Waals surface area contributed by atoms with Gasteiger partial charge in [-0.1, -0.05) is 24.3 Å². The third-order valence-electron chi connectivity index (χ3n) is 3.59. The summed E-state index contributed by atoms with van der Waals surface area (Å²) in [5, 5.41) is 9.40. The number of carboxylic acid groups (broad SMARTS) is 1. The lowest BCUT2D eigenvalue weighted by Gasteiger charge is -2.39. The number of likely N-dealkylation sites (N-methyl/N-ethyl adjacent to an activating group) is 1. The van der Waals surface area contributed by atoms with Crippen LogP contribution in [-0.4, -0.2) is 48.2 Å². The van der Waals surface area contributed by atoms with Gasteiger partial charge in [0.1, 0.15) is 6.61 Å². The van der Waals surface area contributed by atoms with Crippen LogP contribution in [0.25, 0.3) is 0 Å². The van der Waals surface area contributed by atoms with Gasteiger partial charge in [-0.25, -0.2) is 4.79 Å². The molecule has 0 radical (unpaired) electrons. The second-order valence-electron chi connectivity index (χ2n) is 4.83. The van der Waals surface area contributed by atoms with Crippen LogP contribution >= 0.6 is 0 Å². The predicted molar refractivity (Wildman–Crippen MR) is 74.7 cm³/mol. The van der Waals surface area contributed by atoms with E-state index in [9.17, 15) is 14.7 Å². The molecular formula is C15H19NO5. The van der Waals surface area contributed by atoms with Crippen LogP contribution in [0.3, 0.4) is 0 Å². The summed E-state index contributed by atoms with van der Waals surface area (Å²) in [7, 11) is 1.57. The number of benzene rings is 1. The van der Waals surface area contributed by atoms with Crippen molar-refractivity contribution in [2.75, 3.05) is 20.3 Å². The number of ether oxygens (including phenoxy) is 2. The number of nitrogens with zero attached hydrogens (tertiary/aromatic N) is 1. The third kappa shape index (κ3) is 3.06. The van der Waals surface area contributed by atoms with Crippen LogP contribution in [0.15, 0.2) is 24.3 Å². The van der Waals surface area contributed by atoms with Crippen molar-refractivity contribution in [2.45, 2.75) is 25.7 Å². The smallest absolute Gasteiger partial charge is 0.335 e. The van der Waals surface area contributed by atoms with Crippen LogP contribution < -0.4 is 0 Å². The Morgan fingerprint density at radius 1 is 1.48 bits per heavy atom. The van der Waals surface area contributed by atoms with E-state index in [2.05, 4.69) is 0 Å². The fourth-order valence-electron chi connectivity index (χ4n) is 2.67. The van der Waals surface area contributed by atoms with Crippen molar-refractivity contribution in [3.8, 4) is 0 Å². The van der Waals surface area contributed by atoms with Crippen LogP contribution in [-0.2, 0) is 25.7 Å². The molecule has 6 heteroatoms. The molecule has 1 aliphatic heterocycles. The van der Waals surface area contributed by atoms with Crippen LogP contribution in [0.2, 0.25) is 0 Å². The van der Waals surface area contributed by atoms with Crippen LogP contribution in [0.1, 0.15) is 24.1 Å². The number of amides is 1. The van der Waals surface area contributed by atoms with Gasteiger partial charge in [0.2, 0.25) is 5.91 Å². The highest BCUT2D eigenvalue weighted by molar-refractivity contribution is 5.83. The predicted octanol–water partition coefficient (Wildman–Crippen LogP) is 1.21. The topological polar surface area (TPSA) is 76.1 Å². The molecule has 2 atom stereocenters. The normalized spacial score (nSPS) is 22.4. The van der Waals surface area contributed by atoms with Crippen molar-refractivity contribution < 1.29 is 24.2 Å². The maximum Gasteiger partial charge on any atom is 0.335 e. The van der Waals surface area contributed by atoms with Gasteiger partial charge in [-0.05, 0) is 18.1 Å². The van der Waals surface area contributed by atoms with Gasteiger partial charge in [-0.15, -0.1) is 0 Å². The quantitative estimate of drug-likeness (QED) is 0.883.